The topological polar surface area (TPSA) is 38.3 Å². The third-order valence-electron chi connectivity index (χ3n) is 2.66. The van der Waals surface area contributed by atoms with Crippen molar-refractivity contribution in [3.63, 3.8) is 0 Å². The van der Waals surface area contributed by atoms with Crippen molar-refractivity contribution < 1.29 is 9.53 Å². The second kappa shape index (κ2) is 7.17. The monoisotopic (exact) mass is 249 g/mol. The van der Waals surface area contributed by atoms with Crippen LogP contribution in [0.2, 0.25) is 0 Å². The van der Waals surface area contributed by atoms with E-state index in [1.165, 1.54) is 0 Å². The first-order valence-electron chi connectivity index (χ1n) is 6.56. The molecule has 100 valence electrons. The van der Waals surface area contributed by atoms with Crippen molar-refractivity contribution in [3.8, 4) is 5.75 Å². The molecule has 0 aliphatic rings. The van der Waals surface area contributed by atoms with Crippen LogP contribution in [0, 0.1) is 5.92 Å². The van der Waals surface area contributed by atoms with Crippen molar-refractivity contribution in [2.75, 3.05) is 13.1 Å². The standard InChI is InChI=1S/C15H23NO2/c1-5-16-10-12(4)15(17)13-6-8-14(9-7-13)18-11(2)3/h6-9,11-12,16H,5,10H2,1-4H3. The molecule has 0 aliphatic carbocycles. The van der Waals surface area contributed by atoms with Gasteiger partial charge in [-0.25, -0.2) is 0 Å². The van der Waals surface area contributed by atoms with Gasteiger partial charge in [-0.05, 0) is 44.7 Å². The van der Waals surface area contributed by atoms with Crippen molar-refractivity contribution >= 4 is 5.78 Å². The fourth-order valence-electron chi connectivity index (χ4n) is 1.71. The number of nitrogens with one attached hydrogen (secondary N) is 1. The van der Waals surface area contributed by atoms with Gasteiger partial charge in [0.25, 0.3) is 0 Å². The number of ether oxygens (including phenoxy) is 1. The fourth-order valence-corrected chi connectivity index (χ4v) is 1.71. The quantitative estimate of drug-likeness (QED) is 0.755. The van der Waals surface area contributed by atoms with Gasteiger partial charge in [-0.3, -0.25) is 4.79 Å². The zero-order valence-corrected chi connectivity index (χ0v) is 11.7. The predicted molar refractivity (Wildman–Crippen MR) is 74.2 cm³/mol. The predicted octanol–water partition coefficient (Wildman–Crippen LogP) is 2.90. The van der Waals surface area contributed by atoms with E-state index in [0.29, 0.717) is 0 Å². The number of hydrogen-bond acceptors (Lipinski definition) is 3. The van der Waals surface area contributed by atoms with E-state index < -0.39 is 0 Å². The van der Waals surface area contributed by atoms with Gasteiger partial charge in [-0.2, -0.15) is 0 Å². The molecule has 0 radical (unpaired) electrons. The summed E-state index contributed by atoms with van der Waals surface area (Å²) in [5, 5.41) is 3.19. The minimum absolute atomic E-state index is 0.00168. The number of Topliss-reactive ketones (excluding diaryl/α,β-unsaturated/α-hetero) is 1. The van der Waals surface area contributed by atoms with Gasteiger partial charge in [0.05, 0.1) is 6.10 Å². The van der Waals surface area contributed by atoms with Crippen LogP contribution in [0.15, 0.2) is 24.3 Å². The summed E-state index contributed by atoms with van der Waals surface area (Å²) in [7, 11) is 0. The highest BCUT2D eigenvalue weighted by Crippen LogP contribution is 2.16. The van der Waals surface area contributed by atoms with E-state index in [1.807, 2.05) is 52.0 Å². The van der Waals surface area contributed by atoms with Crippen molar-refractivity contribution in [1.82, 2.24) is 5.32 Å². The van der Waals surface area contributed by atoms with Gasteiger partial charge in [0.2, 0.25) is 0 Å². The summed E-state index contributed by atoms with van der Waals surface area (Å²) >= 11 is 0. The number of carbonyl (C=O) groups excluding carboxylic acids is 1. The number of rotatable bonds is 7. The molecule has 0 aromatic heterocycles. The third kappa shape index (κ3) is 4.49. The maximum atomic E-state index is 12.1. The molecule has 3 nitrogen and oxygen atoms in total. The molecular weight excluding hydrogens is 226 g/mol. The first-order chi connectivity index (χ1) is 8.54. The molecular formula is C15H23NO2. The molecule has 0 amide bonds. The van der Waals surface area contributed by atoms with E-state index in [1.54, 1.807) is 0 Å². The molecule has 0 saturated heterocycles. The Morgan fingerprint density at radius 3 is 2.33 bits per heavy atom. The van der Waals surface area contributed by atoms with Gasteiger partial charge in [-0.15, -0.1) is 0 Å². The van der Waals surface area contributed by atoms with Gasteiger partial charge in [0.1, 0.15) is 5.75 Å². The van der Waals surface area contributed by atoms with E-state index in [-0.39, 0.29) is 17.8 Å². The van der Waals surface area contributed by atoms with Crippen LogP contribution >= 0.6 is 0 Å². The maximum Gasteiger partial charge on any atom is 0.166 e. The molecule has 1 N–H and O–H groups in total. The molecule has 0 saturated carbocycles. The fraction of sp³-hybridized carbons (Fsp3) is 0.533. The number of ketones is 1. The normalized spacial score (nSPS) is 12.5. The average molecular weight is 249 g/mol. The lowest BCUT2D eigenvalue weighted by atomic mass is 9.99. The third-order valence-corrected chi connectivity index (χ3v) is 2.66. The van der Waals surface area contributed by atoms with Gasteiger partial charge >= 0.3 is 0 Å². The van der Waals surface area contributed by atoms with Crippen LogP contribution in [0.4, 0.5) is 0 Å². The van der Waals surface area contributed by atoms with Gasteiger partial charge < -0.3 is 10.1 Å². The van der Waals surface area contributed by atoms with Crippen molar-refractivity contribution in [2.45, 2.75) is 33.8 Å². The summed E-state index contributed by atoms with van der Waals surface area (Å²) in [5.74, 6) is 0.981. The summed E-state index contributed by atoms with van der Waals surface area (Å²) in [6.07, 6.45) is 0.152. The minimum Gasteiger partial charge on any atom is -0.491 e. The Morgan fingerprint density at radius 1 is 1.22 bits per heavy atom. The summed E-state index contributed by atoms with van der Waals surface area (Å²) in [5.41, 5.74) is 0.747. The van der Waals surface area contributed by atoms with Crippen LogP contribution < -0.4 is 10.1 Å². The molecule has 3 heteroatoms. The van der Waals surface area contributed by atoms with Crippen LogP contribution in [0.3, 0.4) is 0 Å². The molecule has 18 heavy (non-hydrogen) atoms. The second-order valence-electron chi connectivity index (χ2n) is 4.76. The first-order valence-corrected chi connectivity index (χ1v) is 6.56. The molecule has 1 atom stereocenters. The molecule has 1 aromatic carbocycles. The highest BCUT2D eigenvalue weighted by molar-refractivity contribution is 5.97. The zero-order valence-electron chi connectivity index (χ0n) is 11.7. The summed E-state index contributed by atoms with van der Waals surface area (Å²) in [4.78, 5) is 12.1. The molecule has 1 aromatic rings. The Balaban J connectivity index is 2.63. The summed E-state index contributed by atoms with van der Waals surface area (Å²) in [6, 6.07) is 7.38. The van der Waals surface area contributed by atoms with Crippen LogP contribution in [-0.4, -0.2) is 25.0 Å². The SMILES string of the molecule is CCNCC(C)C(=O)c1ccc(OC(C)C)cc1. The van der Waals surface area contributed by atoms with Crippen molar-refractivity contribution in [2.24, 2.45) is 5.92 Å². The van der Waals surface area contributed by atoms with Gasteiger partial charge in [-0.1, -0.05) is 13.8 Å². The Morgan fingerprint density at radius 2 is 1.83 bits per heavy atom. The van der Waals surface area contributed by atoms with Crippen molar-refractivity contribution in [3.05, 3.63) is 29.8 Å². The Labute approximate surface area is 110 Å². The van der Waals surface area contributed by atoms with E-state index in [0.717, 1.165) is 24.4 Å². The molecule has 1 rings (SSSR count). The highest BCUT2D eigenvalue weighted by Gasteiger charge is 2.14. The molecule has 0 fully saturated rings. The summed E-state index contributed by atoms with van der Waals surface area (Å²) in [6.45, 7) is 9.56. The lowest BCUT2D eigenvalue weighted by Gasteiger charge is -2.12. The van der Waals surface area contributed by atoms with Crippen LogP contribution in [0.5, 0.6) is 5.75 Å². The van der Waals surface area contributed by atoms with Gasteiger partial charge in [0.15, 0.2) is 5.78 Å². The Hall–Kier alpha value is -1.35. The molecule has 0 aliphatic heterocycles. The maximum absolute atomic E-state index is 12.1. The first kappa shape index (κ1) is 14.7. The number of benzene rings is 1. The zero-order chi connectivity index (χ0) is 13.5. The highest BCUT2D eigenvalue weighted by atomic mass is 16.5. The largest absolute Gasteiger partial charge is 0.491 e. The van der Waals surface area contributed by atoms with Crippen LogP contribution in [0.1, 0.15) is 38.1 Å². The second-order valence-corrected chi connectivity index (χ2v) is 4.76. The Kier molecular flexibility index (Phi) is 5.86. The van der Waals surface area contributed by atoms with Crippen molar-refractivity contribution in [1.29, 1.82) is 0 Å². The lowest BCUT2D eigenvalue weighted by molar-refractivity contribution is 0.0929. The summed E-state index contributed by atoms with van der Waals surface area (Å²) < 4.78 is 5.55. The molecule has 0 bridgehead atoms. The minimum atomic E-state index is 0.00168. The average Bonchev–Trinajstić information content (AvgIpc) is 2.35. The van der Waals surface area contributed by atoms with E-state index in [4.69, 9.17) is 4.74 Å². The van der Waals surface area contributed by atoms with Gasteiger partial charge in [0, 0.05) is 18.0 Å². The molecule has 0 heterocycles. The van der Waals surface area contributed by atoms with E-state index >= 15 is 0 Å². The number of hydrogen-bond donors (Lipinski definition) is 1. The van der Waals surface area contributed by atoms with E-state index in [2.05, 4.69) is 5.32 Å². The van der Waals surface area contributed by atoms with Crippen LogP contribution in [-0.2, 0) is 0 Å². The lowest BCUT2D eigenvalue weighted by Crippen LogP contribution is -2.26. The molecule has 1 unspecified atom stereocenters. The molecule has 0 spiro atoms. The van der Waals surface area contributed by atoms with E-state index in [9.17, 15) is 4.79 Å². The smallest absolute Gasteiger partial charge is 0.166 e. The van der Waals surface area contributed by atoms with Crippen LogP contribution in [0.25, 0.3) is 0 Å². The Bertz CT molecular complexity index is 371. The number of carbonyl (C=O) groups is 1.